The van der Waals surface area contributed by atoms with Crippen molar-refractivity contribution in [2.45, 2.75) is 6.04 Å². The van der Waals surface area contributed by atoms with E-state index in [1.165, 1.54) is 7.11 Å². The molecule has 4 heteroatoms. The highest BCUT2D eigenvalue weighted by Crippen LogP contribution is 2.07. The van der Waals surface area contributed by atoms with Gasteiger partial charge in [-0.1, -0.05) is 0 Å². The predicted octanol–water partition coefficient (Wildman–Crippen LogP) is -1.29. The number of nitrogens with one attached hydrogen (secondary N) is 1. The Hall–Kier alpha value is -0.610. The zero-order valence-corrected chi connectivity index (χ0v) is 5.96. The van der Waals surface area contributed by atoms with Crippen LogP contribution in [0.2, 0.25) is 0 Å². The van der Waals surface area contributed by atoms with E-state index in [0.29, 0.717) is 0 Å². The van der Waals surface area contributed by atoms with Crippen molar-refractivity contribution < 1.29 is 9.53 Å². The van der Waals surface area contributed by atoms with E-state index in [1.54, 1.807) is 0 Å². The highest BCUT2D eigenvalue weighted by Gasteiger charge is 2.29. The molecule has 0 aromatic carbocycles. The molecule has 10 heavy (non-hydrogen) atoms. The Kier molecular flexibility index (Phi) is 2.24. The van der Waals surface area contributed by atoms with Gasteiger partial charge in [-0.15, -0.1) is 0 Å². The Morgan fingerprint density at radius 3 is 2.70 bits per heavy atom. The van der Waals surface area contributed by atoms with Gasteiger partial charge in [-0.25, -0.2) is 0 Å². The Morgan fingerprint density at radius 2 is 2.40 bits per heavy atom. The van der Waals surface area contributed by atoms with Gasteiger partial charge in [0.15, 0.2) is 0 Å². The molecule has 0 aromatic heterocycles. The fourth-order valence-corrected chi connectivity index (χ4v) is 0.893. The second-order valence-corrected chi connectivity index (χ2v) is 2.47. The van der Waals surface area contributed by atoms with Crippen LogP contribution in [0, 0.1) is 5.92 Å². The lowest BCUT2D eigenvalue weighted by atomic mass is 9.95. The van der Waals surface area contributed by atoms with Crippen molar-refractivity contribution in [3.8, 4) is 0 Å². The fourth-order valence-electron chi connectivity index (χ4n) is 0.893. The van der Waals surface area contributed by atoms with Gasteiger partial charge >= 0.3 is 5.97 Å². The molecule has 0 amide bonds. The van der Waals surface area contributed by atoms with E-state index in [4.69, 9.17) is 5.73 Å². The molecule has 0 aromatic rings. The topological polar surface area (TPSA) is 64.3 Å². The van der Waals surface area contributed by atoms with Gasteiger partial charge in [0.2, 0.25) is 0 Å². The normalized spacial score (nSPS) is 21.4. The monoisotopic (exact) mass is 144 g/mol. The number of hydrogen-bond donors (Lipinski definition) is 2. The smallest absolute Gasteiger partial charge is 0.323 e. The molecule has 1 aliphatic heterocycles. The minimum atomic E-state index is -0.439. The average molecular weight is 144 g/mol. The van der Waals surface area contributed by atoms with Crippen molar-refractivity contribution in [3.05, 3.63) is 0 Å². The first-order valence-electron chi connectivity index (χ1n) is 3.30. The first-order valence-corrected chi connectivity index (χ1v) is 3.30. The highest BCUT2D eigenvalue weighted by atomic mass is 16.5. The number of hydrogen-bond acceptors (Lipinski definition) is 4. The fraction of sp³-hybridized carbons (Fsp3) is 0.833. The number of methoxy groups -OCH3 is 1. The van der Waals surface area contributed by atoms with Crippen molar-refractivity contribution >= 4 is 5.97 Å². The summed E-state index contributed by atoms with van der Waals surface area (Å²) in [6.07, 6.45) is 0. The molecule has 0 radical (unpaired) electrons. The third-order valence-electron chi connectivity index (χ3n) is 1.79. The molecule has 1 atom stereocenters. The molecule has 4 nitrogen and oxygen atoms in total. The summed E-state index contributed by atoms with van der Waals surface area (Å²) in [5, 5.41) is 3.03. The number of carbonyl (C=O) groups is 1. The molecule has 1 rings (SSSR count). The van der Waals surface area contributed by atoms with Crippen molar-refractivity contribution in [3.63, 3.8) is 0 Å². The SMILES string of the molecule is COC(=O)C(N)C1CNC1. The summed E-state index contributed by atoms with van der Waals surface area (Å²) in [5.74, 6) is -0.0426. The molecule has 0 saturated carbocycles. The molecule has 0 aliphatic carbocycles. The van der Waals surface area contributed by atoms with Crippen LogP contribution in [-0.2, 0) is 9.53 Å². The minimum Gasteiger partial charge on any atom is -0.468 e. The molecule has 58 valence electrons. The Morgan fingerprint density at radius 1 is 1.80 bits per heavy atom. The largest absolute Gasteiger partial charge is 0.468 e. The maximum absolute atomic E-state index is 10.8. The lowest BCUT2D eigenvalue weighted by Gasteiger charge is -2.30. The van der Waals surface area contributed by atoms with Gasteiger partial charge in [0.05, 0.1) is 7.11 Å². The summed E-state index contributed by atoms with van der Waals surface area (Å²) in [6.45, 7) is 1.66. The van der Waals surface area contributed by atoms with Crippen molar-refractivity contribution in [1.29, 1.82) is 0 Å². The quantitative estimate of drug-likeness (QED) is 0.473. The van der Waals surface area contributed by atoms with Crippen molar-refractivity contribution in [2.75, 3.05) is 20.2 Å². The van der Waals surface area contributed by atoms with E-state index in [2.05, 4.69) is 10.1 Å². The average Bonchev–Trinajstić information content (AvgIpc) is 1.82. The predicted molar refractivity (Wildman–Crippen MR) is 36.4 cm³/mol. The second-order valence-electron chi connectivity index (χ2n) is 2.47. The molecular weight excluding hydrogens is 132 g/mol. The number of carbonyl (C=O) groups excluding carboxylic acids is 1. The highest BCUT2D eigenvalue weighted by molar-refractivity contribution is 5.75. The molecule has 1 unspecified atom stereocenters. The van der Waals surface area contributed by atoms with Crippen LogP contribution < -0.4 is 11.1 Å². The lowest BCUT2D eigenvalue weighted by molar-refractivity contribution is -0.144. The van der Waals surface area contributed by atoms with E-state index in [1.807, 2.05) is 0 Å². The molecule has 0 bridgehead atoms. The van der Waals surface area contributed by atoms with Gasteiger partial charge in [-0.3, -0.25) is 4.79 Å². The maximum Gasteiger partial charge on any atom is 0.323 e. The Labute approximate surface area is 59.7 Å². The van der Waals surface area contributed by atoms with Gasteiger partial charge in [-0.2, -0.15) is 0 Å². The summed E-state index contributed by atoms with van der Waals surface area (Å²) in [7, 11) is 1.36. The number of ether oxygens (including phenoxy) is 1. The first kappa shape index (κ1) is 7.50. The van der Waals surface area contributed by atoms with Crippen molar-refractivity contribution in [1.82, 2.24) is 5.32 Å². The van der Waals surface area contributed by atoms with E-state index >= 15 is 0 Å². The first-order chi connectivity index (χ1) is 4.75. The van der Waals surface area contributed by atoms with Crippen LogP contribution in [0.1, 0.15) is 0 Å². The molecule has 3 N–H and O–H groups in total. The summed E-state index contributed by atoms with van der Waals surface area (Å²) in [6, 6.07) is -0.439. The van der Waals surface area contributed by atoms with Crippen LogP contribution in [0.5, 0.6) is 0 Å². The van der Waals surface area contributed by atoms with Gasteiger partial charge in [0, 0.05) is 19.0 Å². The van der Waals surface area contributed by atoms with Gasteiger partial charge in [0.25, 0.3) is 0 Å². The van der Waals surface area contributed by atoms with Crippen LogP contribution in [0.25, 0.3) is 0 Å². The number of esters is 1. The minimum absolute atomic E-state index is 0.271. The summed E-state index contributed by atoms with van der Waals surface area (Å²) in [5.41, 5.74) is 5.52. The Bertz CT molecular complexity index is 134. The zero-order chi connectivity index (χ0) is 7.56. The lowest BCUT2D eigenvalue weighted by Crippen LogP contribution is -2.55. The van der Waals surface area contributed by atoms with Crippen LogP contribution in [0.3, 0.4) is 0 Å². The van der Waals surface area contributed by atoms with Gasteiger partial charge in [0.1, 0.15) is 6.04 Å². The second kappa shape index (κ2) is 2.98. The number of nitrogens with two attached hydrogens (primary N) is 1. The third-order valence-corrected chi connectivity index (χ3v) is 1.79. The van der Waals surface area contributed by atoms with Crippen LogP contribution >= 0.6 is 0 Å². The van der Waals surface area contributed by atoms with E-state index in [0.717, 1.165) is 13.1 Å². The van der Waals surface area contributed by atoms with E-state index in [9.17, 15) is 4.79 Å². The molecule has 1 saturated heterocycles. The molecular formula is C6H12N2O2. The summed E-state index contributed by atoms with van der Waals surface area (Å²) >= 11 is 0. The van der Waals surface area contributed by atoms with Crippen LogP contribution in [-0.4, -0.2) is 32.2 Å². The zero-order valence-electron chi connectivity index (χ0n) is 5.96. The van der Waals surface area contributed by atoms with Crippen LogP contribution in [0.4, 0.5) is 0 Å². The molecule has 1 fully saturated rings. The van der Waals surface area contributed by atoms with E-state index < -0.39 is 6.04 Å². The summed E-state index contributed by atoms with van der Waals surface area (Å²) in [4.78, 5) is 10.8. The van der Waals surface area contributed by atoms with Crippen molar-refractivity contribution in [2.24, 2.45) is 11.7 Å². The Balaban J connectivity index is 2.31. The molecule has 1 aliphatic rings. The van der Waals surface area contributed by atoms with Gasteiger partial charge < -0.3 is 15.8 Å². The third kappa shape index (κ3) is 1.27. The van der Waals surface area contributed by atoms with Gasteiger partial charge in [-0.05, 0) is 0 Å². The summed E-state index contributed by atoms with van der Waals surface area (Å²) < 4.78 is 4.48. The maximum atomic E-state index is 10.8. The molecule has 1 heterocycles. The standard InChI is InChI=1S/C6H12N2O2/c1-10-6(9)5(7)4-2-8-3-4/h4-5,8H,2-3,7H2,1H3. The van der Waals surface area contributed by atoms with E-state index in [-0.39, 0.29) is 11.9 Å². The molecule has 0 spiro atoms. The number of rotatable bonds is 2. The van der Waals surface area contributed by atoms with Crippen LogP contribution in [0.15, 0.2) is 0 Å².